The minimum atomic E-state index is 0.971. The zero-order valence-corrected chi connectivity index (χ0v) is 11.3. The second-order valence-corrected chi connectivity index (χ2v) is 5.27. The van der Waals surface area contributed by atoms with Crippen molar-refractivity contribution in [3.8, 4) is 0 Å². The van der Waals surface area contributed by atoms with Crippen molar-refractivity contribution in [2.24, 2.45) is 0 Å². The molecule has 0 spiro atoms. The molecule has 0 aliphatic heterocycles. The minimum Gasteiger partial charge on any atom is -0.0609 e. The highest BCUT2D eigenvalue weighted by molar-refractivity contribution is 9.10. The lowest BCUT2D eigenvalue weighted by Crippen LogP contribution is -1.87. The van der Waals surface area contributed by atoms with Gasteiger partial charge >= 0.3 is 0 Å². The molecule has 0 aliphatic carbocycles. The summed E-state index contributed by atoms with van der Waals surface area (Å²) < 4.78 is 2.27. The first-order valence-electron chi connectivity index (χ1n) is 4.73. The van der Waals surface area contributed by atoms with Gasteiger partial charge in [-0.05, 0) is 41.8 Å². The van der Waals surface area contributed by atoms with E-state index in [0.29, 0.717) is 0 Å². The Hall–Kier alpha value is -0.600. The molecule has 0 atom stereocenters. The molecule has 0 radical (unpaired) electrons. The number of halogens is 2. The van der Waals surface area contributed by atoms with Gasteiger partial charge in [0, 0.05) is 8.95 Å². The molecule has 2 heteroatoms. The van der Waals surface area contributed by atoms with Gasteiger partial charge in [0.25, 0.3) is 0 Å². The van der Waals surface area contributed by atoms with Gasteiger partial charge in [0.1, 0.15) is 0 Å². The van der Waals surface area contributed by atoms with Crippen LogP contribution in [-0.2, 0) is 6.42 Å². The van der Waals surface area contributed by atoms with E-state index >= 15 is 0 Å². The molecule has 2 aromatic carbocycles. The van der Waals surface area contributed by atoms with Gasteiger partial charge in [-0.15, -0.1) is 0 Å². The smallest absolute Gasteiger partial charge is 0.0178 e. The first kappa shape index (κ1) is 10.9. The third-order valence-corrected chi connectivity index (χ3v) is 3.17. The molecule has 0 aliphatic rings. The third-order valence-electron chi connectivity index (χ3n) is 2.19. The highest BCUT2D eigenvalue weighted by Crippen LogP contribution is 2.17. The van der Waals surface area contributed by atoms with Gasteiger partial charge in [-0.3, -0.25) is 0 Å². The summed E-state index contributed by atoms with van der Waals surface area (Å²) in [6.45, 7) is 0. The van der Waals surface area contributed by atoms with E-state index in [9.17, 15) is 0 Å². The molecule has 0 amide bonds. The Morgan fingerprint density at radius 2 is 1.20 bits per heavy atom. The summed E-state index contributed by atoms with van der Waals surface area (Å²) in [6.07, 6.45) is 0.971. The van der Waals surface area contributed by atoms with Gasteiger partial charge in [0.2, 0.25) is 0 Å². The molecule has 0 aromatic heterocycles. The van der Waals surface area contributed by atoms with Crippen molar-refractivity contribution in [1.29, 1.82) is 0 Å². The summed E-state index contributed by atoms with van der Waals surface area (Å²) in [5, 5.41) is 0. The van der Waals surface area contributed by atoms with Crippen LogP contribution in [0.5, 0.6) is 0 Å². The fourth-order valence-corrected chi connectivity index (χ4v) is 2.42. The predicted octanol–water partition coefficient (Wildman–Crippen LogP) is 4.80. The summed E-state index contributed by atoms with van der Waals surface area (Å²) in [5.41, 5.74) is 2.64. The van der Waals surface area contributed by atoms with E-state index in [4.69, 9.17) is 0 Å². The molecule has 0 N–H and O–H groups in total. The molecule has 15 heavy (non-hydrogen) atoms. The van der Waals surface area contributed by atoms with E-state index < -0.39 is 0 Å². The van der Waals surface area contributed by atoms with Gasteiger partial charge in [-0.25, -0.2) is 0 Å². The third kappa shape index (κ3) is 3.18. The Bertz CT molecular complexity index is 420. The van der Waals surface area contributed by atoms with Gasteiger partial charge in [0.05, 0.1) is 0 Å². The van der Waals surface area contributed by atoms with Crippen molar-refractivity contribution in [1.82, 2.24) is 0 Å². The fourth-order valence-electron chi connectivity index (χ4n) is 1.53. The van der Waals surface area contributed by atoms with Crippen LogP contribution >= 0.6 is 31.9 Å². The minimum absolute atomic E-state index is 0.971. The van der Waals surface area contributed by atoms with Crippen LogP contribution in [0.2, 0.25) is 0 Å². The van der Waals surface area contributed by atoms with Crippen molar-refractivity contribution in [3.63, 3.8) is 0 Å². The summed E-state index contributed by atoms with van der Waals surface area (Å²) in [4.78, 5) is 0. The maximum Gasteiger partial charge on any atom is 0.0178 e. The highest BCUT2D eigenvalue weighted by Gasteiger charge is 1.97. The largest absolute Gasteiger partial charge is 0.0609 e. The van der Waals surface area contributed by atoms with E-state index in [-0.39, 0.29) is 0 Å². The quantitative estimate of drug-likeness (QED) is 0.743. The Kier molecular flexibility index (Phi) is 3.60. The Morgan fingerprint density at radius 1 is 0.733 bits per heavy atom. The molecule has 0 heterocycles. The lowest BCUT2D eigenvalue weighted by molar-refractivity contribution is 1.19. The Labute approximate surface area is 107 Å². The normalized spacial score (nSPS) is 10.3. The molecule has 0 fully saturated rings. The molecular formula is C13H10Br2. The standard InChI is InChI=1S/C13H10Br2/c14-12-5-1-3-10(8-12)7-11-4-2-6-13(15)9-11/h1-6,8-9H,7H2. The van der Waals surface area contributed by atoms with Gasteiger partial charge in [-0.2, -0.15) is 0 Å². The summed E-state index contributed by atoms with van der Waals surface area (Å²) >= 11 is 6.96. The maximum atomic E-state index is 3.48. The second-order valence-electron chi connectivity index (χ2n) is 3.44. The van der Waals surface area contributed by atoms with Gasteiger partial charge in [0.15, 0.2) is 0 Å². The number of hydrogen-bond donors (Lipinski definition) is 0. The van der Waals surface area contributed by atoms with Crippen LogP contribution < -0.4 is 0 Å². The zero-order valence-electron chi connectivity index (χ0n) is 8.08. The molecule has 76 valence electrons. The van der Waals surface area contributed by atoms with E-state index in [0.717, 1.165) is 15.4 Å². The Morgan fingerprint density at radius 3 is 1.60 bits per heavy atom. The van der Waals surface area contributed by atoms with Gasteiger partial charge < -0.3 is 0 Å². The molecule has 2 rings (SSSR count). The first-order valence-corrected chi connectivity index (χ1v) is 6.31. The summed E-state index contributed by atoms with van der Waals surface area (Å²) in [6, 6.07) is 16.8. The van der Waals surface area contributed by atoms with Crippen LogP contribution in [-0.4, -0.2) is 0 Å². The Balaban J connectivity index is 2.22. The second kappa shape index (κ2) is 4.95. The average molecular weight is 326 g/mol. The van der Waals surface area contributed by atoms with Crippen LogP contribution in [0, 0.1) is 0 Å². The van der Waals surface area contributed by atoms with Crippen molar-refractivity contribution in [2.75, 3.05) is 0 Å². The first-order chi connectivity index (χ1) is 7.24. The van der Waals surface area contributed by atoms with Crippen molar-refractivity contribution >= 4 is 31.9 Å². The van der Waals surface area contributed by atoms with Crippen LogP contribution in [0.3, 0.4) is 0 Å². The summed E-state index contributed by atoms with van der Waals surface area (Å²) in [7, 11) is 0. The van der Waals surface area contributed by atoms with Crippen molar-refractivity contribution < 1.29 is 0 Å². The molecule has 0 unspecified atom stereocenters. The number of rotatable bonds is 2. The van der Waals surface area contributed by atoms with E-state index in [2.05, 4.69) is 68.3 Å². The number of benzene rings is 2. The van der Waals surface area contributed by atoms with Crippen molar-refractivity contribution in [3.05, 3.63) is 68.6 Å². The zero-order chi connectivity index (χ0) is 10.7. The molecule has 0 bridgehead atoms. The molecule has 0 nitrogen and oxygen atoms in total. The van der Waals surface area contributed by atoms with E-state index in [1.54, 1.807) is 0 Å². The highest BCUT2D eigenvalue weighted by atomic mass is 79.9. The topological polar surface area (TPSA) is 0 Å². The predicted molar refractivity (Wildman–Crippen MR) is 71.1 cm³/mol. The fraction of sp³-hybridized carbons (Fsp3) is 0.0769. The van der Waals surface area contributed by atoms with Crippen LogP contribution in [0.1, 0.15) is 11.1 Å². The van der Waals surface area contributed by atoms with E-state index in [1.807, 2.05) is 12.1 Å². The average Bonchev–Trinajstić information content (AvgIpc) is 2.17. The lowest BCUT2D eigenvalue weighted by atomic mass is 10.1. The molecular weight excluding hydrogens is 316 g/mol. The van der Waals surface area contributed by atoms with Gasteiger partial charge in [-0.1, -0.05) is 56.1 Å². The van der Waals surface area contributed by atoms with Crippen LogP contribution in [0.4, 0.5) is 0 Å². The molecule has 2 aromatic rings. The summed E-state index contributed by atoms with van der Waals surface area (Å²) in [5.74, 6) is 0. The number of hydrogen-bond acceptors (Lipinski definition) is 0. The molecule has 0 saturated heterocycles. The van der Waals surface area contributed by atoms with E-state index in [1.165, 1.54) is 11.1 Å². The lowest BCUT2D eigenvalue weighted by Gasteiger charge is -2.03. The SMILES string of the molecule is Brc1cccc(Cc2cccc(Br)c2)c1. The van der Waals surface area contributed by atoms with Crippen molar-refractivity contribution in [2.45, 2.75) is 6.42 Å². The van der Waals surface area contributed by atoms with Crippen LogP contribution in [0.15, 0.2) is 57.5 Å². The monoisotopic (exact) mass is 324 g/mol. The van der Waals surface area contributed by atoms with Crippen LogP contribution in [0.25, 0.3) is 0 Å². The maximum absolute atomic E-state index is 3.48. The molecule has 0 saturated carbocycles.